The van der Waals surface area contributed by atoms with Crippen molar-refractivity contribution in [2.45, 2.75) is 24.0 Å². The van der Waals surface area contributed by atoms with Crippen LogP contribution in [0.2, 0.25) is 0 Å². The Morgan fingerprint density at radius 1 is 1.53 bits per heavy atom. The highest BCUT2D eigenvalue weighted by atomic mass is 32.2. The van der Waals surface area contributed by atoms with Gasteiger partial charge in [0.15, 0.2) is 0 Å². The summed E-state index contributed by atoms with van der Waals surface area (Å²) in [5.74, 6) is 0. The van der Waals surface area contributed by atoms with Gasteiger partial charge < -0.3 is 4.90 Å². The molecule has 0 aliphatic carbocycles. The average Bonchev–Trinajstić information content (AvgIpc) is 2.90. The van der Waals surface area contributed by atoms with E-state index in [1.54, 1.807) is 23.1 Å². The number of thiophene rings is 1. The molecule has 1 aromatic heterocycles. The molecule has 0 N–H and O–H groups in total. The number of hydrogen-bond donors (Lipinski definition) is 0. The van der Waals surface area contributed by atoms with Gasteiger partial charge in [0.2, 0.25) is 0 Å². The zero-order valence-corrected chi connectivity index (χ0v) is 11.8. The molecule has 4 heteroatoms. The lowest BCUT2D eigenvalue weighted by molar-refractivity contribution is 0.219. The summed E-state index contributed by atoms with van der Waals surface area (Å²) < 4.78 is -0.112. The van der Waals surface area contributed by atoms with Gasteiger partial charge in [0.25, 0.3) is 0 Å². The Morgan fingerprint density at radius 3 is 2.82 bits per heavy atom. The normalized spacial score (nSPS) is 20.0. The van der Waals surface area contributed by atoms with Crippen molar-refractivity contribution in [3.05, 3.63) is 22.4 Å². The van der Waals surface area contributed by atoms with E-state index in [9.17, 15) is 5.26 Å². The minimum atomic E-state index is -0.112. The third kappa shape index (κ3) is 3.25. The number of nitriles is 1. The maximum Gasteiger partial charge on any atom is 0.104 e. The molecule has 2 rings (SSSR count). The summed E-state index contributed by atoms with van der Waals surface area (Å²) in [6.45, 7) is 3.27. The largest absolute Gasteiger partial charge is 0.303 e. The van der Waals surface area contributed by atoms with Crippen molar-refractivity contribution >= 4 is 23.1 Å². The lowest BCUT2D eigenvalue weighted by atomic mass is 9.97. The van der Waals surface area contributed by atoms with Gasteiger partial charge in [-0.05, 0) is 47.9 Å². The topological polar surface area (TPSA) is 27.0 Å². The molecule has 1 aliphatic rings. The van der Waals surface area contributed by atoms with Crippen molar-refractivity contribution in [3.63, 3.8) is 0 Å². The first-order chi connectivity index (χ1) is 8.28. The van der Waals surface area contributed by atoms with Crippen molar-refractivity contribution in [3.8, 4) is 6.07 Å². The van der Waals surface area contributed by atoms with Crippen molar-refractivity contribution in [2.24, 2.45) is 0 Å². The second-order valence-electron chi connectivity index (χ2n) is 4.53. The maximum atomic E-state index is 9.22. The summed E-state index contributed by atoms with van der Waals surface area (Å²) in [7, 11) is 0. The van der Waals surface area contributed by atoms with Crippen molar-refractivity contribution in [2.75, 3.05) is 25.9 Å². The van der Waals surface area contributed by atoms with Crippen LogP contribution >= 0.6 is 23.1 Å². The molecule has 1 fully saturated rings. The van der Waals surface area contributed by atoms with Gasteiger partial charge in [-0.25, -0.2) is 0 Å². The Morgan fingerprint density at radius 2 is 2.29 bits per heavy atom. The molecule has 17 heavy (non-hydrogen) atoms. The van der Waals surface area contributed by atoms with Crippen LogP contribution in [0, 0.1) is 11.3 Å². The predicted molar refractivity (Wildman–Crippen MR) is 75.6 cm³/mol. The fourth-order valence-electron chi connectivity index (χ4n) is 2.22. The molecule has 0 bridgehead atoms. The molecule has 2 heterocycles. The lowest BCUT2D eigenvalue weighted by Gasteiger charge is -2.36. The lowest BCUT2D eigenvalue weighted by Crippen LogP contribution is -2.42. The fraction of sp³-hybridized carbons (Fsp3) is 0.615. The summed E-state index contributed by atoms with van der Waals surface area (Å²) in [4.78, 5) is 2.49. The quantitative estimate of drug-likeness (QED) is 0.838. The predicted octanol–water partition coefficient (Wildman–Crippen LogP) is 3.01. The van der Waals surface area contributed by atoms with Gasteiger partial charge in [-0.15, -0.1) is 11.8 Å². The van der Waals surface area contributed by atoms with Gasteiger partial charge in [-0.1, -0.05) is 0 Å². The highest BCUT2D eigenvalue weighted by Gasteiger charge is 2.33. The van der Waals surface area contributed by atoms with Crippen LogP contribution in [0.25, 0.3) is 0 Å². The molecule has 0 radical (unpaired) electrons. The summed E-state index contributed by atoms with van der Waals surface area (Å²) in [5.41, 5.74) is 1.44. The summed E-state index contributed by atoms with van der Waals surface area (Å²) in [6.07, 6.45) is 5.22. The molecular formula is C13H18N2S2. The van der Waals surface area contributed by atoms with E-state index in [0.717, 1.165) is 38.9 Å². The van der Waals surface area contributed by atoms with Gasteiger partial charge in [0.1, 0.15) is 4.75 Å². The number of nitrogens with zero attached hydrogens (tertiary/aromatic N) is 2. The summed E-state index contributed by atoms with van der Waals surface area (Å²) in [5, 5.41) is 13.6. The number of rotatable bonds is 4. The smallest absolute Gasteiger partial charge is 0.104 e. The standard InChI is InChI=1S/C13H18N2S2/c1-16-13(11-14)4-7-15(8-5-13)6-2-12-3-9-17-10-12/h3,9-10H,2,4-8H2,1H3. The van der Waals surface area contributed by atoms with E-state index in [1.165, 1.54) is 5.56 Å². The first-order valence-corrected chi connectivity index (χ1v) is 8.14. The van der Waals surface area contributed by atoms with E-state index in [1.807, 2.05) is 0 Å². The maximum absolute atomic E-state index is 9.22. The van der Waals surface area contributed by atoms with Crippen LogP contribution in [0.5, 0.6) is 0 Å². The van der Waals surface area contributed by atoms with Crippen molar-refractivity contribution in [1.29, 1.82) is 5.26 Å². The van der Waals surface area contributed by atoms with E-state index in [0.29, 0.717) is 0 Å². The third-order valence-corrected chi connectivity index (χ3v) is 5.57. The molecule has 92 valence electrons. The Hall–Kier alpha value is -0.500. The minimum absolute atomic E-state index is 0.112. The molecule has 2 nitrogen and oxygen atoms in total. The van der Waals surface area contributed by atoms with Gasteiger partial charge in [0.05, 0.1) is 6.07 Å². The van der Waals surface area contributed by atoms with Crippen LogP contribution in [0.15, 0.2) is 16.8 Å². The highest BCUT2D eigenvalue weighted by Crippen LogP contribution is 2.33. The molecule has 0 unspecified atom stereocenters. The Balaban J connectivity index is 1.78. The van der Waals surface area contributed by atoms with Crippen LogP contribution in [-0.2, 0) is 6.42 Å². The van der Waals surface area contributed by atoms with E-state index in [-0.39, 0.29) is 4.75 Å². The third-order valence-electron chi connectivity index (χ3n) is 3.56. The number of piperidine rings is 1. The molecule has 0 saturated carbocycles. The average molecular weight is 266 g/mol. The summed E-state index contributed by atoms with van der Waals surface area (Å²) in [6, 6.07) is 4.70. The molecule has 0 atom stereocenters. The van der Waals surface area contributed by atoms with Crippen LogP contribution in [0.4, 0.5) is 0 Å². The van der Waals surface area contributed by atoms with Crippen molar-refractivity contribution in [1.82, 2.24) is 4.90 Å². The van der Waals surface area contributed by atoms with E-state index in [2.05, 4.69) is 34.1 Å². The SMILES string of the molecule is CSC1(C#N)CCN(CCc2ccsc2)CC1. The molecular weight excluding hydrogens is 248 g/mol. The van der Waals surface area contributed by atoms with Gasteiger partial charge in [-0.3, -0.25) is 0 Å². The molecule has 1 aromatic rings. The molecule has 1 aliphatic heterocycles. The second-order valence-corrected chi connectivity index (χ2v) is 6.50. The Bertz CT molecular complexity index is 373. The first-order valence-electron chi connectivity index (χ1n) is 5.98. The van der Waals surface area contributed by atoms with Crippen molar-refractivity contribution < 1.29 is 0 Å². The zero-order chi connectivity index (χ0) is 12.1. The molecule has 1 saturated heterocycles. The molecule has 0 aromatic carbocycles. The second kappa shape index (κ2) is 5.90. The number of hydrogen-bond acceptors (Lipinski definition) is 4. The van der Waals surface area contributed by atoms with E-state index >= 15 is 0 Å². The van der Waals surface area contributed by atoms with Crippen LogP contribution in [0.3, 0.4) is 0 Å². The van der Waals surface area contributed by atoms with Crippen LogP contribution in [-0.4, -0.2) is 35.5 Å². The van der Waals surface area contributed by atoms with E-state index in [4.69, 9.17) is 0 Å². The van der Waals surface area contributed by atoms with Gasteiger partial charge >= 0.3 is 0 Å². The molecule has 0 spiro atoms. The monoisotopic (exact) mass is 266 g/mol. The first kappa shape index (κ1) is 12.9. The summed E-state index contributed by atoms with van der Waals surface area (Å²) >= 11 is 3.49. The zero-order valence-electron chi connectivity index (χ0n) is 10.2. The number of likely N-dealkylation sites (tertiary alicyclic amines) is 1. The van der Waals surface area contributed by atoms with Crippen LogP contribution in [0.1, 0.15) is 18.4 Å². The fourth-order valence-corrected chi connectivity index (χ4v) is 3.61. The highest BCUT2D eigenvalue weighted by molar-refractivity contribution is 8.00. The Labute approximate surface area is 112 Å². The van der Waals surface area contributed by atoms with Gasteiger partial charge in [-0.2, -0.15) is 16.6 Å². The minimum Gasteiger partial charge on any atom is -0.303 e. The van der Waals surface area contributed by atoms with Gasteiger partial charge in [0, 0.05) is 19.6 Å². The number of thioether (sulfide) groups is 1. The Kier molecular flexibility index (Phi) is 4.49. The van der Waals surface area contributed by atoms with E-state index < -0.39 is 0 Å². The molecule has 0 amide bonds. The van der Waals surface area contributed by atoms with Crippen LogP contribution < -0.4 is 0 Å².